The van der Waals surface area contributed by atoms with Gasteiger partial charge < -0.3 is 15.4 Å². The van der Waals surface area contributed by atoms with Gasteiger partial charge in [-0.05, 0) is 12.0 Å². The molecule has 2 rings (SSSR count). The summed E-state index contributed by atoms with van der Waals surface area (Å²) in [5, 5.41) is 12.7. The van der Waals surface area contributed by atoms with E-state index in [2.05, 4.69) is 17.1 Å². The molecule has 0 bridgehead atoms. The van der Waals surface area contributed by atoms with Crippen molar-refractivity contribution in [3.63, 3.8) is 0 Å². The molecule has 0 fully saturated rings. The fourth-order valence-electron chi connectivity index (χ4n) is 1.47. The fourth-order valence-corrected chi connectivity index (χ4v) is 1.47. The summed E-state index contributed by atoms with van der Waals surface area (Å²) >= 11 is 0. The first-order valence-electron chi connectivity index (χ1n) is 5.54. The molecule has 0 aliphatic heterocycles. The number of hydrogen-bond donors (Lipinski definition) is 2. The summed E-state index contributed by atoms with van der Waals surface area (Å²) in [5.74, 6) is 0.744. The van der Waals surface area contributed by atoms with Crippen LogP contribution in [0.2, 0.25) is 0 Å². The van der Waals surface area contributed by atoms with Crippen molar-refractivity contribution in [1.29, 1.82) is 0 Å². The van der Waals surface area contributed by atoms with E-state index in [1.54, 1.807) is 0 Å². The molecule has 1 heterocycles. The first-order valence-corrected chi connectivity index (χ1v) is 5.54. The molecule has 0 unspecified atom stereocenters. The highest BCUT2D eigenvalue weighted by atomic mass is 16.5. The average molecular weight is 233 g/mol. The summed E-state index contributed by atoms with van der Waals surface area (Å²) in [7, 11) is 0. The van der Waals surface area contributed by atoms with Gasteiger partial charge in [0.1, 0.15) is 6.04 Å². The minimum atomic E-state index is -0.619. The molecule has 5 heteroatoms. The van der Waals surface area contributed by atoms with Crippen LogP contribution in [0.25, 0.3) is 11.4 Å². The molecule has 0 amide bonds. The predicted molar refractivity (Wildman–Crippen MR) is 63.1 cm³/mol. The van der Waals surface area contributed by atoms with E-state index in [1.165, 1.54) is 5.56 Å². The van der Waals surface area contributed by atoms with Gasteiger partial charge in [0.15, 0.2) is 0 Å². The Morgan fingerprint density at radius 2 is 2.06 bits per heavy atom. The molecule has 0 aliphatic carbocycles. The van der Waals surface area contributed by atoms with Crippen LogP contribution < -0.4 is 5.73 Å². The lowest BCUT2D eigenvalue weighted by Crippen LogP contribution is -2.14. The number of aromatic nitrogens is 2. The molecule has 0 saturated heterocycles. The molecule has 5 nitrogen and oxygen atoms in total. The quantitative estimate of drug-likeness (QED) is 0.831. The van der Waals surface area contributed by atoms with Crippen molar-refractivity contribution in [2.45, 2.75) is 19.4 Å². The maximum atomic E-state index is 8.88. The lowest BCUT2D eigenvalue weighted by atomic mass is 10.1. The molecule has 17 heavy (non-hydrogen) atoms. The third-order valence-electron chi connectivity index (χ3n) is 2.58. The monoisotopic (exact) mass is 233 g/mol. The number of benzene rings is 1. The van der Waals surface area contributed by atoms with Gasteiger partial charge in [0.05, 0.1) is 6.61 Å². The van der Waals surface area contributed by atoms with E-state index in [4.69, 9.17) is 15.4 Å². The summed E-state index contributed by atoms with van der Waals surface area (Å²) in [6, 6.07) is 7.32. The molecular formula is C12H15N3O2. The van der Waals surface area contributed by atoms with Crippen LogP contribution in [-0.4, -0.2) is 21.9 Å². The Morgan fingerprint density at radius 1 is 1.35 bits per heavy atom. The number of nitrogens with zero attached hydrogens (tertiary/aromatic N) is 2. The third-order valence-corrected chi connectivity index (χ3v) is 2.58. The standard InChI is InChI=1S/C12H15N3O2/c1-2-8-3-5-9(6-4-8)11-14-12(17-15-11)10(13)7-16/h3-6,10,16H,2,7,13H2,1H3/t10-/m0/s1. The molecule has 1 atom stereocenters. The van der Waals surface area contributed by atoms with Gasteiger partial charge in [0, 0.05) is 5.56 Å². The Hall–Kier alpha value is -1.72. The number of rotatable bonds is 4. The van der Waals surface area contributed by atoms with E-state index >= 15 is 0 Å². The highest BCUT2D eigenvalue weighted by molar-refractivity contribution is 5.54. The second kappa shape index (κ2) is 5.07. The predicted octanol–water partition coefficient (Wildman–Crippen LogP) is 1.29. The van der Waals surface area contributed by atoms with E-state index in [9.17, 15) is 0 Å². The van der Waals surface area contributed by atoms with Crippen molar-refractivity contribution >= 4 is 0 Å². The van der Waals surface area contributed by atoms with Crippen molar-refractivity contribution in [1.82, 2.24) is 10.1 Å². The SMILES string of the molecule is CCc1ccc(-c2noc([C@@H](N)CO)n2)cc1. The van der Waals surface area contributed by atoms with Crippen molar-refractivity contribution in [2.75, 3.05) is 6.61 Å². The van der Waals surface area contributed by atoms with Gasteiger partial charge in [-0.15, -0.1) is 0 Å². The summed E-state index contributed by atoms with van der Waals surface area (Å²) in [6.45, 7) is 1.89. The second-order valence-electron chi connectivity index (χ2n) is 3.80. The number of aliphatic hydroxyl groups excluding tert-OH is 1. The number of aryl methyl sites for hydroxylation is 1. The molecule has 1 aromatic heterocycles. The van der Waals surface area contributed by atoms with Crippen LogP contribution in [0.1, 0.15) is 24.4 Å². The van der Waals surface area contributed by atoms with Crippen molar-refractivity contribution < 1.29 is 9.63 Å². The highest BCUT2D eigenvalue weighted by Crippen LogP contribution is 2.18. The smallest absolute Gasteiger partial charge is 0.246 e. The summed E-state index contributed by atoms with van der Waals surface area (Å²) in [4.78, 5) is 4.14. The minimum absolute atomic E-state index is 0.212. The molecular weight excluding hydrogens is 218 g/mol. The molecule has 1 aromatic carbocycles. The molecule has 2 aromatic rings. The summed E-state index contributed by atoms with van der Waals surface area (Å²) in [5.41, 5.74) is 7.72. The largest absolute Gasteiger partial charge is 0.394 e. The normalized spacial score (nSPS) is 12.6. The zero-order valence-corrected chi connectivity index (χ0v) is 9.63. The second-order valence-corrected chi connectivity index (χ2v) is 3.80. The Kier molecular flexibility index (Phi) is 3.51. The third kappa shape index (κ3) is 2.51. The van der Waals surface area contributed by atoms with Gasteiger partial charge in [-0.3, -0.25) is 0 Å². The summed E-state index contributed by atoms with van der Waals surface area (Å²) in [6.07, 6.45) is 0.993. The maximum Gasteiger partial charge on any atom is 0.246 e. The van der Waals surface area contributed by atoms with Gasteiger partial charge in [-0.25, -0.2) is 0 Å². The van der Waals surface area contributed by atoms with Crippen molar-refractivity contribution in [2.24, 2.45) is 5.73 Å². The van der Waals surface area contributed by atoms with Crippen LogP contribution in [0.5, 0.6) is 0 Å². The first-order chi connectivity index (χ1) is 8.24. The average Bonchev–Trinajstić information content (AvgIpc) is 2.87. The molecule has 0 aliphatic rings. The number of hydrogen-bond acceptors (Lipinski definition) is 5. The molecule has 0 saturated carbocycles. The molecule has 0 radical (unpaired) electrons. The fraction of sp³-hybridized carbons (Fsp3) is 0.333. The topological polar surface area (TPSA) is 85.2 Å². The van der Waals surface area contributed by atoms with Crippen LogP contribution in [-0.2, 0) is 6.42 Å². The van der Waals surface area contributed by atoms with E-state index in [1.807, 2.05) is 24.3 Å². The van der Waals surface area contributed by atoms with E-state index < -0.39 is 6.04 Å². The number of nitrogens with two attached hydrogens (primary N) is 1. The number of aliphatic hydroxyl groups is 1. The lowest BCUT2D eigenvalue weighted by molar-refractivity contribution is 0.237. The van der Waals surface area contributed by atoms with Gasteiger partial charge in [-0.1, -0.05) is 36.3 Å². The lowest BCUT2D eigenvalue weighted by Gasteiger charge is -1.99. The van der Waals surface area contributed by atoms with Crippen LogP contribution in [0.3, 0.4) is 0 Å². The Balaban J connectivity index is 2.24. The summed E-state index contributed by atoms with van der Waals surface area (Å²) < 4.78 is 4.98. The Labute approximate surface area is 99.3 Å². The molecule has 0 spiro atoms. The zero-order chi connectivity index (χ0) is 12.3. The van der Waals surface area contributed by atoms with Crippen LogP contribution >= 0.6 is 0 Å². The van der Waals surface area contributed by atoms with Crippen LogP contribution in [0.15, 0.2) is 28.8 Å². The van der Waals surface area contributed by atoms with Crippen molar-refractivity contribution in [3.05, 3.63) is 35.7 Å². The van der Waals surface area contributed by atoms with Gasteiger partial charge in [0.2, 0.25) is 11.7 Å². The Bertz CT molecular complexity index is 479. The van der Waals surface area contributed by atoms with Crippen molar-refractivity contribution in [3.8, 4) is 11.4 Å². The highest BCUT2D eigenvalue weighted by Gasteiger charge is 2.14. The van der Waals surface area contributed by atoms with Gasteiger partial charge >= 0.3 is 0 Å². The minimum Gasteiger partial charge on any atom is -0.394 e. The van der Waals surface area contributed by atoms with Gasteiger partial charge in [0.25, 0.3) is 0 Å². The van der Waals surface area contributed by atoms with Gasteiger partial charge in [-0.2, -0.15) is 4.98 Å². The maximum absolute atomic E-state index is 8.88. The first kappa shape index (κ1) is 11.8. The van der Waals surface area contributed by atoms with Crippen LogP contribution in [0, 0.1) is 0 Å². The Morgan fingerprint density at radius 3 is 2.65 bits per heavy atom. The van der Waals surface area contributed by atoms with E-state index in [-0.39, 0.29) is 12.5 Å². The molecule has 90 valence electrons. The molecule has 3 N–H and O–H groups in total. The van der Waals surface area contributed by atoms with E-state index in [0.29, 0.717) is 5.82 Å². The van der Waals surface area contributed by atoms with Crippen LogP contribution in [0.4, 0.5) is 0 Å². The van der Waals surface area contributed by atoms with E-state index in [0.717, 1.165) is 12.0 Å². The zero-order valence-electron chi connectivity index (χ0n) is 9.63.